The third-order valence-electron chi connectivity index (χ3n) is 6.68. The lowest BCUT2D eigenvalue weighted by atomic mass is 9.85. The van der Waals surface area contributed by atoms with Crippen LogP contribution in [-0.2, 0) is 15.0 Å². The van der Waals surface area contributed by atoms with E-state index in [4.69, 9.17) is 4.74 Å². The summed E-state index contributed by atoms with van der Waals surface area (Å²) in [7, 11) is 0. The van der Waals surface area contributed by atoms with Crippen LogP contribution in [0.2, 0.25) is 0 Å². The van der Waals surface area contributed by atoms with Gasteiger partial charge in [-0.3, -0.25) is 14.5 Å². The molecule has 1 aliphatic rings. The fourth-order valence-corrected chi connectivity index (χ4v) is 4.76. The predicted molar refractivity (Wildman–Crippen MR) is 148 cm³/mol. The van der Waals surface area contributed by atoms with Gasteiger partial charge in [-0.2, -0.15) is 0 Å². The fourth-order valence-electron chi connectivity index (χ4n) is 4.76. The number of Topliss-reactive ketones (excluding diaryl/α,β-unsaturated/α-hetero) is 1. The van der Waals surface area contributed by atoms with Crippen LogP contribution in [-0.4, -0.2) is 32.9 Å². The van der Waals surface area contributed by atoms with E-state index in [2.05, 4.69) is 30.7 Å². The number of aliphatic hydroxyl groups is 1. The summed E-state index contributed by atoms with van der Waals surface area (Å²) in [5.74, 6) is -1.88. The van der Waals surface area contributed by atoms with Gasteiger partial charge in [-0.05, 0) is 60.7 Å². The van der Waals surface area contributed by atoms with E-state index < -0.39 is 23.5 Å². The number of aliphatic hydroxyl groups excluding tert-OH is 1. The van der Waals surface area contributed by atoms with Crippen molar-refractivity contribution >= 4 is 34.4 Å². The molecule has 200 valence electrons. The van der Waals surface area contributed by atoms with Gasteiger partial charge in [0.15, 0.2) is 0 Å². The zero-order valence-electron chi connectivity index (χ0n) is 22.4. The van der Waals surface area contributed by atoms with Gasteiger partial charge in [-0.1, -0.05) is 57.2 Å². The van der Waals surface area contributed by atoms with E-state index in [-0.39, 0.29) is 28.8 Å². The number of hydrogen-bond acceptors (Lipinski definition) is 5. The van der Waals surface area contributed by atoms with Crippen LogP contribution < -0.4 is 9.64 Å². The summed E-state index contributed by atoms with van der Waals surface area (Å²) >= 11 is 0. The van der Waals surface area contributed by atoms with Gasteiger partial charge in [0, 0.05) is 5.56 Å². The van der Waals surface area contributed by atoms with E-state index in [9.17, 15) is 19.1 Å². The number of halogens is 1. The highest BCUT2D eigenvalue weighted by atomic mass is 19.1. The molecule has 5 rings (SSSR count). The summed E-state index contributed by atoms with van der Waals surface area (Å²) in [6.45, 7) is 10.0. The summed E-state index contributed by atoms with van der Waals surface area (Å²) in [5.41, 5.74) is 2.66. The maximum Gasteiger partial charge on any atom is 0.302 e. The number of nitrogens with zero attached hydrogens (tertiary/aromatic N) is 2. The average Bonchev–Trinajstić information content (AvgIpc) is 3.40. The van der Waals surface area contributed by atoms with Crippen LogP contribution in [0.25, 0.3) is 16.8 Å². The molecule has 7 nitrogen and oxygen atoms in total. The van der Waals surface area contributed by atoms with E-state index >= 15 is 0 Å². The number of ketones is 1. The first-order valence-electron chi connectivity index (χ1n) is 12.8. The van der Waals surface area contributed by atoms with Gasteiger partial charge in [0.2, 0.25) is 5.95 Å². The SMILES string of the molecule is CC(C)Oc1cccc(/C(O)=C2\C(=O)C(=O)N(c3nc4ccc(F)cc4[nH]3)C2c2ccc(C(C)(C)C)cc2)c1. The van der Waals surface area contributed by atoms with Crippen molar-refractivity contribution in [2.75, 3.05) is 4.90 Å². The van der Waals surface area contributed by atoms with E-state index in [1.807, 2.05) is 38.1 Å². The molecule has 3 aromatic carbocycles. The number of H-pyrrole nitrogens is 1. The molecular weight excluding hydrogens is 497 g/mol. The Morgan fingerprint density at radius 3 is 2.44 bits per heavy atom. The van der Waals surface area contributed by atoms with Crippen LogP contribution in [0.15, 0.2) is 72.3 Å². The topological polar surface area (TPSA) is 95.5 Å². The number of carbonyl (C=O) groups excluding carboxylic acids is 2. The van der Waals surface area contributed by atoms with Crippen LogP contribution in [0.5, 0.6) is 5.75 Å². The van der Waals surface area contributed by atoms with Crippen LogP contribution in [0.3, 0.4) is 0 Å². The van der Waals surface area contributed by atoms with Gasteiger partial charge < -0.3 is 14.8 Å². The first kappa shape index (κ1) is 26.2. The number of aromatic amines is 1. The molecule has 1 saturated heterocycles. The molecule has 1 amide bonds. The molecule has 0 radical (unpaired) electrons. The van der Waals surface area contributed by atoms with Crippen molar-refractivity contribution in [1.82, 2.24) is 9.97 Å². The summed E-state index contributed by atoms with van der Waals surface area (Å²) in [6.07, 6.45) is -0.0905. The highest BCUT2D eigenvalue weighted by molar-refractivity contribution is 6.51. The Kier molecular flexibility index (Phi) is 6.50. The largest absolute Gasteiger partial charge is 0.507 e. The number of benzene rings is 3. The van der Waals surface area contributed by atoms with Crippen molar-refractivity contribution in [2.45, 2.75) is 52.2 Å². The standard InChI is InChI=1S/C31H30FN3O4/c1-17(2)39-22-8-6-7-19(15-22)27(36)25-26(18-9-11-20(12-10-18)31(3,4)5)35(29(38)28(25)37)30-33-23-14-13-21(32)16-24(23)34-30/h6-17,26,36H,1-5H3,(H,33,34)/b27-25+. The maximum atomic E-state index is 13.9. The molecule has 2 heterocycles. The Bertz CT molecular complexity index is 1610. The zero-order valence-corrected chi connectivity index (χ0v) is 22.4. The molecule has 1 fully saturated rings. The molecule has 4 aromatic rings. The number of anilines is 1. The quantitative estimate of drug-likeness (QED) is 0.178. The smallest absolute Gasteiger partial charge is 0.302 e. The van der Waals surface area contributed by atoms with Crippen molar-refractivity contribution in [1.29, 1.82) is 0 Å². The van der Waals surface area contributed by atoms with E-state index in [1.54, 1.807) is 24.3 Å². The monoisotopic (exact) mass is 527 g/mol. The molecular formula is C31H30FN3O4. The van der Waals surface area contributed by atoms with Gasteiger partial charge in [-0.15, -0.1) is 0 Å². The van der Waals surface area contributed by atoms with Gasteiger partial charge in [0.25, 0.3) is 5.78 Å². The molecule has 1 aliphatic heterocycles. The maximum absolute atomic E-state index is 13.9. The van der Waals surface area contributed by atoms with Crippen molar-refractivity contribution in [3.63, 3.8) is 0 Å². The predicted octanol–water partition coefficient (Wildman–Crippen LogP) is 6.41. The van der Waals surface area contributed by atoms with E-state index in [0.29, 0.717) is 27.9 Å². The van der Waals surface area contributed by atoms with Crippen molar-refractivity contribution in [2.24, 2.45) is 0 Å². The van der Waals surface area contributed by atoms with Crippen LogP contribution >= 0.6 is 0 Å². The highest BCUT2D eigenvalue weighted by Gasteiger charge is 2.48. The molecule has 1 aromatic heterocycles. The second-order valence-electron chi connectivity index (χ2n) is 11.0. The number of amides is 1. The Hall–Kier alpha value is -4.46. The number of nitrogens with one attached hydrogen (secondary N) is 1. The van der Waals surface area contributed by atoms with Crippen LogP contribution in [0.1, 0.15) is 57.4 Å². The molecule has 8 heteroatoms. The van der Waals surface area contributed by atoms with Crippen molar-refractivity contribution in [3.8, 4) is 5.75 Å². The van der Waals surface area contributed by atoms with Crippen LogP contribution in [0.4, 0.5) is 10.3 Å². The van der Waals surface area contributed by atoms with Gasteiger partial charge >= 0.3 is 5.91 Å². The third kappa shape index (κ3) is 4.90. The Labute approximate surface area is 225 Å². The molecule has 0 aliphatic carbocycles. The number of carbonyl (C=O) groups is 2. The summed E-state index contributed by atoms with van der Waals surface area (Å²) < 4.78 is 19.6. The number of fused-ring (bicyclic) bond motifs is 1. The zero-order chi connectivity index (χ0) is 28.1. The highest BCUT2D eigenvalue weighted by Crippen LogP contribution is 2.42. The minimum absolute atomic E-state index is 0.0724. The van der Waals surface area contributed by atoms with Gasteiger partial charge in [0.1, 0.15) is 17.3 Å². The van der Waals surface area contributed by atoms with Crippen LogP contribution in [0, 0.1) is 5.82 Å². The number of aromatic nitrogens is 2. The lowest BCUT2D eigenvalue weighted by Gasteiger charge is -2.25. The Morgan fingerprint density at radius 2 is 1.77 bits per heavy atom. The molecule has 39 heavy (non-hydrogen) atoms. The lowest BCUT2D eigenvalue weighted by Crippen LogP contribution is -2.30. The lowest BCUT2D eigenvalue weighted by molar-refractivity contribution is -0.132. The van der Waals surface area contributed by atoms with Gasteiger partial charge in [-0.25, -0.2) is 9.37 Å². The molecule has 2 N–H and O–H groups in total. The fraction of sp³-hybridized carbons (Fsp3) is 0.258. The first-order chi connectivity index (χ1) is 18.4. The Balaban J connectivity index is 1.69. The second-order valence-corrected chi connectivity index (χ2v) is 11.0. The molecule has 0 bridgehead atoms. The number of rotatable bonds is 5. The summed E-state index contributed by atoms with van der Waals surface area (Å²) in [5, 5.41) is 11.5. The normalized spacial score (nSPS) is 17.4. The molecule has 1 atom stereocenters. The van der Waals surface area contributed by atoms with Gasteiger partial charge in [0.05, 0.1) is 28.8 Å². The minimum atomic E-state index is -0.973. The summed E-state index contributed by atoms with van der Waals surface area (Å²) in [4.78, 5) is 35.7. The number of imidazole rings is 1. The molecule has 1 unspecified atom stereocenters. The summed E-state index contributed by atoms with van der Waals surface area (Å²) in [6, 6.07) is 17.4. The number of ether oxygens (including phenoxy) is 1. The minimum Gasteiger partial charge on any atom is -0.507 e. The second kappa shape index (κ2) is 9.69. The Morgan fingerprint density at radius 1 is 1.05 bits per heavy atom. The number of hydrogen-bond donors (Lipinski definition) is 2. The molecule has 0 saturated carbocycles. The molecule has 0 spiro atoms. The van der Waals surface area contributed by atoms with Crippen molar-refractivity contribution < 1.29 is 23.8 Å². The van der Waals surface area contributed by atoms with Crippen molar-refractivity contribution in [3.05, 3.63) is 94.8 Å². The first-order valence-corrected chi connectivity index (χ1v) is 12.8. The average molecular weight is 528 g/mol. The van der Waals surface area contributed by atoms with E-state index in [0.717, 1.165) is 5.56 Å². The van der Waals surface area contributed by atoms with E-state index in [1.165, 1.54) is 23.1 Å². The third-order valence-corrected chi connectivity index (χ3v) is 6.68.